The summed E-state index contributed by atoms with van der Waals surface area (Å²) in [5.41, 5.74) is 7.63. The Morgan fingerprint density at radius 2 is 2.35 bits per heavy atom. The van der Waals surface area contributed by atoms with Crippen LogP contribution in [0.1, 0.15) is 31.2 Å². The zero-order valence-electron chi connectivity index (χ0n) is 10.0. The highest BCUT2D eigenvalue weighted by atomic mass is 35.5. The number of nitrogens with two attached hydrogens (primary N) is 1. The molecule has 0 aliphatic heterocycles. The van der Waals surface area contributed by atoms with E-state index >= 15 is 0 Å². The van der Waals surface area contributed by atoms with Gasteiger partial charge in [0, 0.05) is 12.4 Å². The fourth-order valence-corrected chi connectivity index (χ4v) is 4.21. The molecule has 2 saturated carbocycles. The van der Waals surface area contributed by atoms with Gasteiger partial charge < -0.3 is 5.73 Å². The molecule has 0 saturated heterocycles. The molecule has 1 aromatic heterocycles. The van der Waals surface area contributed by atoms with Crippen molar-refractivity contribution in [2.45, 2.75) is 32.1 Å². The van der Waals surface area contributed by atoms with Crippen LogP contribution < -0.4 is 5.73 Å². The molecule has 2 fully saturated rings. The van der Waals surface area contributed by atoms with Crippen molar-refractivity contribution in [3.8, 4) is 0 Å². The first-order valence-corrected chi connectivity index (χ1v) is 6.90. The standard InChI is InChI=1S/C14H19ClN2/c15-13-8-17-4-3-11(13)7-14(9-16)6-10-1-2-12(14)5-10/h3-4,8,10,12H,1-2,5-7,9,16H2. The van der Waals surface area contributed by atoms with Gasteiger partial charge in [0.2, 0.25) is 0 Å². The third kappa shape index (κ3) is 1.88. The molecule has 17 heavy (non-hydrogen) atoms. The van der Waals surface area contributed by atoms with Crippen molar-refractivity contribution in [1.82, 2.24) is 4.98 Å². The number of halogens is 1. The summed E-state index contributed by atoms with van der Waals surface area (Å²) < 4.78 is 0. The van der Waals surface area contributed by atoms with Gasteiger partial charge in [0.15, 0.2) is 0 Å². The summed E-state index contributed by atoms with van der Waals surface area (Å²) in [6.45, 7) is 0.798. The van der Waals surface area contributed by atoms with Crippen molar-refractivity contribution in [2.75, 3.05) is 6.54 Å². The number of hydrogen-bond donors (Lipinski definition) is 1. The van der Waals surface area contributed by atoms with Gasteiger partial charge in [-0.1, -0.05) is 18.0 Å². The van der Waals surface area contributed by atoms with E-state index in [1.807, 2.05) is 12.3 Å². The highest BCUT2D eigenvalue weighted by molar-refractivity contribution is 6.31. The van der Waals surface area contributed by atoms with Crippen LogP contribution >= 0.6 is 11.6 Å². The highest BCUT2D eigenvalue weighted by Crippen LogP contribution is 2.57. The average Bonchev–Trinajstić information content (AvgIpc) is 2.93. The molecule has 2 bridgehead atoms. The van der Waals surface area contributed by atoms with Gasteiger partial charge in [0.1, 0.15) is 0 Å². The zero-order valence-corrected chi connectivity index (χ0v) is 10.8. The van der Waals surface area contributed by atoms with E-state index in [4.69, 9.17) is 17.3 Å². The van der Waals surface area contributed by atoms with Gasteiger partial charge in [-0.25, -0.2) is 0 Å². The van der Waals surface area contributed by atoms with Crippen molar-refractivity contribution in [2.24, 2.45) is 23.0 Å². The van der Waals surface area contributed by atoms with Crippen LogP contribution in [0, 0.1) is 17.3 Å². The minimum atomic E-state index is 0.313. The summed E-state index contributed by atoms with van der Waals surface area (Å²) >= 11 is 6.22. The number of aromatic nitrogens is 1. The summed E-state index contributed by atoms with van der Waals surface area (Å²) in [6, 6.07) is 2.05. The molecule has 3 atom stereocenters. The van der Waals surface area contributed by atoms with Crippen molar-refractivity contribution in [3.05, 3.63) is 29.0 Å². The van der Waals surface area contributed by atoms with E-state index in [1.54, 1.807) is 6.20 Å². The first-order valence-electron chi connectivity index (χ1n) is 6.52. The Labute approximate surface area is 108 Å². The molecule has 2 N–H and O–H groups in total. The van der Waals surface area contributed by atoms with Gasteiger partial charge in [-0.15, -0.1) is 0 Å². The van der Waals surface area contributed by atoms with Gasteiger partial charge in [-0.05, 0) is 61.1 Å². The normalized spacial score (nSPS) is 35.4. The summed E-state index contributed by atoms with van der Waals surface area (Å²) in [5.74, 6) is 1.74. The maximum atomic E-state index is 6.22. The topological polar surface area (TPSA) is 38.9 Å². The Morgan fingerprint density at radius 1 is 1.47 bits per heavy atom. The van der Waals surface area contributed by atoms with E-state index < -0.39 is 0 Å². The molecule has 3 rings (SSSR count). The molecule has 1 aromatic rings. The lowest BCUT2D eigenvalue weighted by Crippen LogP contribution is -2.38. The van der Waals surface area contributed by atoms with Crippen LogP contribution in [-0.4, -0.2) is 11.5 Å². The third-order valence-electron chi connectivity index (χ3n) is 4.91. The van der Waals surface area contributed by atoms with Gasteiger partial charge in [-0.3, -0.25) is 4.98 Å². The predicted octanol–water partition coefficient (Wildman–Crippen LogP) is 3.04. The predicted molar refractivity (Wildman–Crippen MR) is 69.9 cm³/mol. The van der Waals surface area contributed by atoms with E-state index in [2.05, 4.69) is 4.98 Å². The van der Waals surface area contributed by atoms with Gasteiger partial charge in [0.25, 0.3) is 0 Å². The van der Waals surface area contributed by atoms with Crippen molar-refractivity contribution < 1.29 is 0 Å². The lowest BCUT2D eigenvalue weighted by atomic mass is 9.69. The molecule has 0 spiro atoms. The molecular weight excluding hydrogens is 232 g/mol. The van der Waals surface area contributed by atoms with Crippen LogP contribution in [0.4, 0.5) is 0 Å². The van der Waals surface area contributed by atoms with Crippen LogP contribution in [0.5, 0.6) is 0 Å². The van der Waals surface area contributed by atoms with Gasteiger partial charge in [0.05, 0.1) is 5.02 Å². The second kappa shape index (κ2) is 4.25. The maximum Gasteiger partial charge on any atom is 0.0621 e. The fraction of sp³-hybridized carbons (Fsp3) is 0.643. The van der Waals surface area contributed by atoms with Crippen LogP contribution in [0.3, 0.4) is 0 Å². The van der Waals surface area contributed by atoms with E-state index in [0.29, 0.717) is 5.41 Å². The van der Waals surface area contributed by atoms with E-state index in [9.17, 15) is 0 Å². The molecule has 2 nitrogen and oxygen atoms in total. The highest BCUT2D eigenvalue weighted by Gasteiger charge is 2.49. The minimum Gasteiger partial charge on any atom is -0.330 e. The summed E-state index contributed by atoms with van der Waals surface area (Å²) in [4.78, 5) is 4.05. The zero-order chi connectivity index (χ0) is 11.9. The maximum absolute atomic E-state index is 6.22. The number of pyridine rings is 1. The second-order valence-electron chi connectivity index (χ2n) is 5.79. The minimum absolute atomic E-state index is 0.313. The van der Waals surface area contributed by atoms with Crippen LogP contribution in [0.25, 0.3) is 0 Å². The molecule has 0 radical (unpaired) electrons. The summed E-state index contributed by atoms with van der Waals surface area (Å²) in [6.07, 6.45) is 10.1. The summed E-state index contributed by atoms with van der Waals surface area (Å²) in [7, 11) is 0. The van der Waals surface area contributed by atoms with Crippen LogP contribution in [0.15, 0.2) is 18.5 Å². The number of fused-ring (bicyclic) bond motifs is 2. The quantitative estimate of drug-likeness (QED) is 0.896. The van der Waals surface area contributed by atoms with Crippen molar-refractivity contribution >= 4 is 11.6 Å². The largest absolute Gasteiger partial charge is 0.330 e. The fourth-order valence-electron chi connectivity index (χ4n) is 4.02. The molecule has 2 aliphatic rings. The number of nitrogens with zero attached hydrogens (tertiary/aromatic N) is 1. The van der Waals surface area contributed by atoms with Crippen LogP contribution in [-0.2, 0) is 6.42 Å². The van der Waals surface area contributed by atoms with Crippen molar-refractivity contribution in [1.29, 1.82) is 0 Å². The Kier molecular flexibility index (Phi) is 2.87. The lowest BCUT2D eigenvalue weighted by Gasteiger charge is -2.37. The molecule has 2 aliphatic carbocycles. The van der Waals surface area contributed by atoms with E-state index in [-0.39, 0.29) is 0 Å². The molecular formula is C14H19ClN2. The Balaban J connectivity index is 1.86. The molecule has 0 amide bonds. The number of hydrogen-bond acceptors (Lipinski definition) is 2. The first-order chi connectivity index (χ1) is 8.23. The molecule has 3 unspecified atom stereocenters. The van der Waals surface area contributed by atoms with E-state index in [0.717, 1.165) is 29.8 Å². The van der Waals surface area contributed by atoms with E-state index in [1.165, 1.54) is 31.2 Å². The lowest BCUT2D eigenvalue weighted by molar-refractivity contribution is 0.171. The SMILES string of the molecule is NCC1(Cc2ccncc2Cl)CC2CCC1C2. The number of rotatable bonds is 3. The monoisotopic (exact) mass is 250 g/mol. The Hall–Kier alpha value is -0.600. The molecule has 0 aromatic carbocycles. The molecule has 3 heteroatoms. The van der Waals surface area contributed by atoms with Gasteiger partial charge >= 0.3 is 0 Å². The third-order valence-corrected chi connectivity index (χ3v) is 5.25. The van der Waals surface area contributed by atoms with Crippen molar-refractivity contribution in [3.63, 3.8) is 0 Å². The smallest absolute Gasteiger partial charge is 0.0621 e. The Morgan fingerprint density at radius 3 is 2.94 bits per heavy atom. The van der Waals surface area contributed by atoms with Gasteiger partial charge in [-0.2, -0.15) is 0 Å². The Bertz CT molecular complexity index is 420. The molecule has 1 heterocycles. The summed E-state index contributed by atoms with van der Waals surface area (Å²) in [5, 5.41) is 0.795. The first kappa shape index (κ1) is 11.5. The second-order valence-corrected chi connectivity index (χ2v) is 6.20. The van der Waals surface area contributed by atoms with Crippen LogP contribution in [0.2, 0.25) is 5.02 Å². The average molecular weight is 251 g/mol. The molecule has 92 valence electrons.